The van der Waals surface area contributed by atoms with Gasteiger partial charge in [0.1, 0.15) is 11.8 Å². The number of benzene rings is 3. The van der Waals surface area contributed by atoms with E-state index in [-0.39, 0.29) is 24.6 Å². The minimum absolute atomic E-state index is 0.232. The standard InChI is InChI=1S/C32H36N4O6S/c1-23(2)30(32(38)39)34-43(40,41)36-19-17-35(18-20-36)27-13-10-25(11-14-27)8-9-26-12-15-29(28(22-26)31(33)37)42-21-16-24-6-4-3-5-7-24/h3-7,10-15,22-23,30,34H,16-21H2,1-2H3,(H2,33,37)(H,38,39)/t30-/m1/s1. The maximum Gasteiger partial charge on any atom is 0.322 e. The van der Waals surface area contributed by atoms with Crippen LogP contribution in [0.3, 0.4) is 0 Å². The summed E-state index contributed by atoms with van der Waals surface area (Å²) in [6.45, 7) is 5.11. The van der Waals surface area contributed by atoms with Gasteiger partial charge in [0.2, 0.25) is 0 Å². The first-order valence-electron chi connectivity index (χ1n) is 14.0. The van der Waals surface area contributed by atoms with Gasteiger partial charge >= 0.3 is 5.97 Å². The number of primary amides is 1. The largest absolute Gasteiger partial charge is 0.492 e. The van der Waals surface area contributed by atoms with E-state index in [1.54, 1.807) is 32.0 Å². The lowest BCUT2D eigenvalue weighted by Crippen LogP contribution is -2.55. The molecule has 0 aliphatic carbocycles. The molecule has 10 nitrogen and oxygen atoms in total. The number of carboxylic acid groups (broad SMARTS) is 1. The highest BCUT2D eigenvalue weighted by molar-refractivity contribution is 7.87. The van der Waals surface area contributed by atoms with E-state index in [4.69, 9.17) is 10.5 Å². The van der Waals surface area contributed by atoms with Crippen LogP contribution in [0.5, 0.6) is 5.75 Å². The van der Waals surface area contributed by atoms with E-state index in [0.29, 0.717) is 37.4 Å². The number of amides is 1. The average molecular weight is 605 g/mol. The van der Waals surface area contributed by atoms with Gasteiger partial charge in [0.25, 0.3) is 16.1 Å². The van der Waals surface area contributed by atoms with Crippen LogP contribution in [0.2, 0.25) is 0 Å². The molecule has 11 heteroatoms. The molecule has 1 heterocycles. The van der Waals surface area contributed by atoms with E-state index in [2.05, 4.69) is 21.5 Å². The van der Waals surface area contributed by atoms with Gasteiger partial charge in [-0.15, -0.1) is 0 Å². The molecule has 3 aromatic carbocycles. The van der Waals surface area contributed by atoms with Gasteiger partial charge in [-0.2, -0.15) is 17.4 Å². The molecule has 0 bridgehead atoms. The third-order valence-electron chi connectivity index (χ3n) is 7.11. The Labute approximate surface area is 252 Å². The Morgan fingerprint density at radius 2 is 1.58 bits per heavy atom. The predicted octanol–water partition coefficient (Wildman–Crippen LogP) is 2.87. The fourth-order valence-electron chi connectivity index (χ4n) is 4.64. The molecule has 0 radical (unpaired) electrons. The van der Waals surface area contributed by atoms with Crippen LogP contribution in [-0.4, -0.2) is 68.5 Å². The number of piperazine rings is 1. The highest BCUT2D eigenvalue weighted by Gasteiger charge is 2.33. The molecule has 43 heavy (non-hydrogen) atoms. The zero-order valence-corrected chi connectivity index (χ0v) is 25.0. The smallest absolute Gasteiger partial charge is 0.322 e. The van der Waals surface area contributed by atoms with Gasteiger partial charge in [0.15, 0.2) is 0 Å². The number of anilines is 1. The topological polar surface area (TPSA) is 142 Å². The van der Waals surface area contributed by atoms with Gasteiger partial charge in [-0.1, -0.05) is 56.0 Å². The zero-order chi connectivity index (χ0) is 31.0. The third kappa shape index (κ3) is 8.58. The first-order chi connectivity index (χ1) is 20.5. The molecule has 3 aromatic rings. The Bertz CT molecular complexity index is 1590. The van der Waals surface area contributed by atoms with Crippen LogP contribution in [0, 0.1) is 17.8 Å². The molecule has 0 spiro atoms. The molecule has 1 amide bonds. The molecule has 4 N–H and O–H groups in total. The second-order valence-corrected chi connectivity index (χ2v) is 12.2. The van der Waals surface area contributed by atoms with E-state index in [0.717, 1.165) is 16.8 Å². The summed E-state index contributed by atoms with van der Waals surface area (Å²) in [7, 11) is -3.93. The monoisotopic (exact) mass is 604 g/mol. The normalized spacial score (nSPS) is 14.5. The number of carboxylic acids is 1. The van der Waals surface area contributed by atoms with Crippen molar-refractivity contribution in [1.29, 1.82) is 0 Å². The quantitative estimate of drug-likeness (QED) is 0.286. The maximum absolute atomic E-state index is 12.7. The lowest BCUT2D eigenvalue weighted by Gasteiger charge is -2.36. The first-order valence-corrected chi connectivity index (χ1v) is 15.5. The van der Waals surface area contributed by atoms with Crippen LogP contribution in [-0.2, 0) is 21.4 Å². The predicted molar refractivity (Wildman–Crippen MR) is 165 cm³/mol. The number of hydrogen-bond donors (Lipinski definition) is 3. The fourth-order valence-corrected chi connectivity index (χ4v) is 6.13. The SMILES string of the molecule is CC(C)[C@@H](NS(=O)(=O)N1CCN(c2ccc(C#Cc3ccc(OCCc4ccccc4)c(C(N)=O)c3)cc2)CC1)C(=O)O. The van der Waals surface area contributed by atoms with Crippen LogP contribution in [0.1, 0.15) is 40.9 Å². The van der Waals surface area contributed by atoms with E-state index in [9.17, 15) is 23.1 Å². The van der Waals surface area contributed by atoms with E-state index >= 15 is 0 Å². The Morgan fingerprint density at radius 3 is 2.19 bits per heavy atom. The summed E-state index contributed by atoms with van der Waals surface area (Å²) in [6.07, 6.45) is 0.702. The van der Waals surface area contributed by atoms with Gasteiger partial charge in [-0.05, 0) is 53.9 Å². The van der Waals surface area contributed by atoms with Crippen molar-refractivity contribution < 1.29 is 27.9 Å². The number of aliphatic carboxylic acids is 1. The lowest BCUT2D eigenvalue weighted by molar-refractivity contribution is -0.140. The summed E-state index contributed by atoms with van der Waals surface area (Å²) in [5.74, 6) is 4.41. The summed E-state index contributed by atoms with van der Waals surface area (Å²) in [5, 5.41) is 9.34. The van der Waals surface area contributed by atoms with Crippen LogP contribution in [0.15, 0.2) is 72.8 Å². The molecule has 1 saturated heterocycles. The molecule has 1 aliphatic rings. The van der Waals surface area contributed by atoms with Crippen molar-refractivity contribution in [2.24, 2.45) is 11.7 Å². The molecule has 1 aliphatic heterocycles. The number of nitrogens with zero attached hydrogens (tertiary/aromatic N) is 2. The highest BCUT2D eigenvalue weighted by Crippen LogP contribution is 2.21. The summed E-state index contributed by atoms with van der Waals surface area (Å²) in [6, 6.07) is 21.5. The Kier molecular flexibility index (Phi) is 10.4. The fraction of sp³-hybridized carbons (Fsp3) is 0.312. The molecule has 226 valence electrons. The van der Waals surface area contributed by atoms with Gasteiger partial charge in [0, 0.05) is 49.4 Å². The first kappa shape index (κ1) is 31.6. The van der Waals surface area contributed by atoms with Crippen molar-refractivity contribution in [3.8, 4) is 17.6 Å². The molecule has 0 aromatic heterocycles. The van der Waals surface area contributed by atoms with Crippen molar-refractivity contribution >= 4 is 27.8 Å². The van der Waals surface area contributed by atoms with Crippen LogP contribution < -0.4 is 20.1 Å². The number of nitrogens with two attached hydrogens (primary N) is 1. The number of ether oxygens (including phenoxy) is 1. The summed E-state index contributed by atoms with van der Waals surface area (Å²) in [4.78, 5) is 25.6. The molecule has 4 rings (SSSR count). The minimum Gasteiger partial charge on any atom is -0.492 e. The third-order valence-corrected chi connectivity index (χ3v) is 8.70. The molecule has 0 unspecified atom stereocenters. The molecule has 0 saturated carbocycles. The number of nitrogens with one attached hydrogen (secondary N) is 1. The van der Waals surface area contributed by atoms with Crippen molar-refractivity contribution in [3.05, 3.63) is 95.1 Å². The van der Waals surface area contributed by atoms with Crippen molar-refractivity contribution in [2.45, 2.75) is 26.3 Å². The second-order valence-electron chi connectivity index (χ2n) is 10.5. The number of hydrogen-bond acceptors (Lipinski definition) is 6. The van der Waals surface area contributed by atoms with Crippen molar-refractivity contribution in [1.82, 2.24) is 9.03 Å². The average Bonchev–Trinajstić information content (AvgIpc) is 3.00. The molecular weight excluding hydrogens is 568 g/mol. The van der Waals surface area contributed by atoms with Crippen molar-refractivity contribution in [2.75, 3.05) is 37.7 Å². The molecule has 1 fully saturated rings. The Hall–Kier alpha value is -4.37. The van der Waals surface area contributed by atoms with E-state index in [1.807, 2.05) is 54.6 Å². The van der Waals surface area contributed by atoms with Gasteiger partial charge in [0.05, 0.1) is 12.2 Å². The highest BCUT2D eigenvalue weighted by atomic mass is 32.2. The summed E-state index contributed by atoms with van der Waals surface area (Å²) in [5.41, 5.74) is 9.33. The van der Waals surface area contributed by atoms with E-state index < -0.39 is 28.1 Å². The van der Waals surface area contributed by atoms with E-state index in [1.165, 1.54) is 4.31 Å². The number of carbonyl (C=O) groups excluding carboxylic acids is 1. The number of carbonyl (C=O) groups is 2. The van der Waals surface area contributed by atoms with Crippen molar-refractivity contribution in [3.63, 3.8) is 0 Å². The lowest BCUT2D eigenvalue weighted by atomic mass is 10.1. The van der Waals surface area contributed by atoms with Crippen LogP contribution >= 0.6 is 0 Å². The number of rotatable bonds is 11. The van der Waals surface area contributed by atoms with Gasteiger partial charge < -0.3 is 20.5 Å². The maximum atomic E-state index is 12.7. The van der Waals surface area contributed by atoms with Crippen LogP contribution in [0.4, 0.5) is 5.69 Å². The van der Waals surface area contributed by atoms with Gasteiger partial charge in [-0.25, -0.2) is 0 Å². The Balaban J connectivity index is 1.34. The minimum atomic E-state index is -3.93. The molecule has 1 atom stereocenters. The summed E-state index contributed by atoms with van der Waals surface area (Å²) < 4.78 is 34.9. The summed E-state index contributed by atoms with van der Waals surface area (Å²) >= 11 is 0. The second kappa shape index (κ2) is 14.2. The van der Waals surface area contributed by atoms with Crippen LogP contribution in [0.25, 0.3) is 0 Å². The Morgan fingerprint density at radius 1 is 0.953 bits per heavy atom. The molecular formula is C32H36N4O6S. The zero-order valence-electron chi connectivity index (χ0n) is 24.2. The van der Waals surface area contributed by atoms with Gasteiger partial charge in [-0.3, -0.25) is 9.59 Å².